The predicted molar refractivity (Wildman–Crippen MR) is 108 cm³/mol. The second kappa shape index (κ2) is 7.32. The number of morpholine rings is 1. The van der Waals surface area contributed by atoms with Crippen molar-refractivity contribution in [2.75, 3.05) is 43.1 Å². The lowest BCUT2D eigenvalue weighted by molar-refractivity contribution is -0.0214. The fourth-order valence-corrected chi connectivity index (χ4v) is 3.88. The van der Waals surface area contributed by atoms with Crippen LogP contribution in [0.25, 0.3) is 10.9 Å². The molecule has 156 valence electrons. The van der Waals surface area contributed by atoms with Crippen LogP contribution in [0.5, 0.6) is 5.75 Å². The number of rotatable bonds is 4. The summed E-state index contributed by atoms with van der Waals surface area (Å²) in [7, 11) is 0. The molecule has 0 spiro atoms. The summed E-state index contributed by atoms with van der Waals surface area (Å²) in [5.41, 5.74) is 3.05. The molecule has 1 fully saturated rings. The molecule has 3 aromatic rings. The number of fused-ring (bicyclic) bond motifs is 2. The van der Waals surface area contributed by atoms with Gasteiger partial charge in [0.05, 0.1) is 41.9 Å². The summed E-state index contributed by atoms with van der Waals surface area (Å²) in [6.45, 7) is 4.49. The number of benzene rings is 1. The molecule has 1 saturated heterocycles. The van der Waals surface area contributed by atoms with Gasteiger partial charge in [0.1, 0.15) is 5.75 Å². The number of aryl methyl sites for hydroxylation is 1. The van der Waals surface area contributed by atoms with Crippen molar-refractivity contribution in [1.82, 2.24) is 15.2 Å². The Morgan fingerprint density at radius 2 is 2.03 bits per heavy atom. The average molecular weight is 413 g/mol. The minimum Gasteiger partial charge on any atom is -0.486 e. The van der Waals surface area contributed by atoms with Crippen LogP contribution in [0.1, 0.15) is 16.8 Å². The fourth-order valence-electron chi connectivity index (χ4n) is 3.88. The number of aromatic nitrogens is 3. The number of para-hydroxylation sites is 1. The topological polar surface area (TPSA) is 72.4 Å². The van der Waals surface area contributed by atoms with Crippen LogP contribution < -0.4 is 15.0 Å². The molecule has 2 aliphatic rings. The molecule has 1 aromatic carbocycles. The van der Waals surface area contributed by atoms with Crippen LogP contribution in [-0.2, 0) is 17.2 Å². The summed E-state index contributed by atoms with van der Waals surface area (Å²) in [6, 6.07) is 6.84. The summed E-state index contributed by atoms with van der Waals surface area (Å²) in [5.74, 6) is -2.16. The highest BCUT2D eigenvalue weighted by molar-refractivity contribution is 5.92. The molecule has 5 rings (SSSR count). The van der Waals surface area contributed by atoms with Gasteiger partial charge in [-0.1, -0.05) is 12.1 Å². The highest BCUT2D eigenvalue weighted by atomic mass is 19.3. The lowest BCUT2D eigenvalue weighted by Crippen LogP contribution is -2.36. The fraction of sp³-hybridized carbons (Fsp3) is 0.381. The molecule has 0 amide bonds. The van der Waals surface area contributed by atoms with Crippen molar-refractivity contribution in [3.63, 3.8) is 0 Å². The van der Waals surface area contributed by atoms with Crippen molar-refractivity contribution in [2.24, 2.45) is 0 Å². The van der Waals surface area contributed by atoms with Crippen molar-refractivity contribution in [1.29, 1.82) is 0 Å². The van der Waals surface area contributed by atoms with Gasteiger partial charge in [0, 0.05) is 30.6 Å². The van der Waals surface area contributed by atoms with E-state index in [4.69, 9.17) is 9.47 Å². The van der Waals surface area contributed by atoms with Crippen LogP contribution in [-0.4, -0.2) is 48.1 Å². The molecule has 0 aliphatic carbocycles. The molecular formula is C21H21F2N5O2. The first kappa shape index (κ1) is 18.9. The van der Waals surface area contributed by atoms with E-state index in [0.29, 0.717) is 24.6 Å². The highest BCUT2D eigenvalue weighted by Gasteiger charge is 2.42. The van der Waals surface area contributed by atoms with E-state index in [-0.39, 0.29) is 17.9 Å². The zero-order valence-electron chi connectivity index (χ0n) is 16.5. The van der Waals surface area contributed by atoms with Gasteiger partial charge in [-0.2, -0.15) is 13.9 Å². The van der Waals surface area contributed by atoms with Crippen LogP contribution in [0.3, 0.4) is 0 Å². The van der Waals surface area contributed by atoms with Gasteiger partial charge in [-0.25, -0.2) is 0 Å². The molecule has 0 bridgehead atoms. The zero-order chi connectivity index (χ0) is 20.7. The number of ether oxygens (including phenoxy) is 2. The van der Waals surface area contributed by atoms with Gasteiger partial charge in [0.2, 0.25) is 0 Å². The van der Waals surface area contributed by atoms with E-state index in [0.717, 1.165) is 35.4 Å². The lowest BCUT2D eigenvalue weighted by atomic mass is 10.1. The largest absolute Gasteiger partial charge is 0.486 e. The number of anilines is 2. The van der Waals surface area contributed by atoms with Gasteiger partial charge in [-0.15, -0.1) is 5.10 Å². The third-order valence-electron chi connectivity index (χ3n) is 5.48. The smallest absolute Gasteiger partial charge is 0.310 e. The van der Waals surface area contributed by atoms with Crippen molar-refractivity contribution >= 4 is 22.4 Å². The summed E-state index contributed by atoms with van der Waals surface area (Å²) >= 11 is 0. The van der Waals surface area contributed by atoms with E-state index < -0.39 is 12.5 Å². The molecule has 0 saturated carbocycles. The molecule has 0 radical (unpaired) electrons. The number of nitrogens with zero attached hydrogens (tertiary/aromatic N) is 4. The Kier molecular flexibility index (Phi) is 4.62. The summed E-state index contributed by atoms with van der Waals surface area (Å²) in [6.07, 6.45) is 1.84. The van der Waals surface area contributed by atoms with E-state index in [2.05, 4.69) is 25.4 Å². The van der Waals surface area contributed by atoms with Gasteiger partial charge < -0.3 is 19.7 Å². The van der Waals surface area contributed by atoms with Gasteiger partial charge in [-0.05, 0) is 19.1 Å². The quantitative estimate of drug-likeness (QED) is 0.704. The second-order valence-electron chi connectivity index (χ2n) is 7.46. The first-order valence-electron chi connectivity index (χ1n) is 9.85. The molecule has 2 aromatic heterocycles. The first-order valence-corrected chi connectivity index (χ1v) is 9.85. The Morgan fingerprint density at radius 1 is 1.20 bits per heavy atom. The Hall–Kier alpha value is -3.07. The van der Waals surface area contributed by atoms with E-state index in [9.17, 15) is 8.78 Å². The first-order chi connectivity index (χ1) is 14.5. The van der Waals surface area contributed by atoms with Crippen LogP contribution in [0, 0.1) is 6.92 Å². The van der Waals surface area contributed by atoms with E-state index in [1.54, 1.807) is 12.1 Å². The SMILES string of the molecule is Cc1nnc(NCc2cccc3c2OCC3(F)F)c2cc(N3CCOCC3)cnc12. The molecule has 2 aliphatic heterocycles. The Morgan fingerprint density at radius 3 is 2.87 bits per heavy atom. The van der Waals surface area contributed by atoms with Crippen molar-refractivity contribution in [3.05, 3.63) is 47.3 Å². The van der Waals surface area contributed by atoms with Gasteiger partial charge in [0.25, 0.3) is 0 Å². The summed E-state index contributed by atoms with van der Waals surface area (Å²) in [5, 5.41) is 12.6. The maximum Gasteiger partial charge on any atom is 0.310 e. The predicted octanol–water partition coefficient (Wildman–Crippen LogP) is 3.27. The third kappa shape index (κ3) is 3.28. The van der Waals surface area contributed by atoms with Crippen molar-refractivity contribution in [3.8, 4) is 5.75 Å². The number of alkyl halides is 2. The van der Waals surface area contributed by atoms with Crippen LogP contribution in [0.4, 0.5) is 20.3 Å². The monoisotopic (exact) mass is 413 g/mol. The molecular weight excluding hydrogens is 392 g/mol. The van der Waals surface area contributed by atoms with Gasteiger partial charge in [-0.3, -0.25) is 4.98 Å². The zero-order valence-corrected chi connectivity index (χ0v) is 16.5. The lowest BCUT2D eigenvalue weighted by Gasteiger charge is -2.28. The standard InChI is InChI=1S/C21H21F2N5O2/c1-13-18-16(9-15(11-24-18)28-5-7-29-8-6-28)20(27-26-13)25-10-14-3-2-4-17-19(14)30-12-21(17,22)23/h2-4,9,11H,5-8,10,12H2,1H3,(H,25,27). The maximum absolute atomic E-state index is 14.0. The van der Waals surface area contributed by atoms with E-state index in [1.165, 1.54) is 6.07 Å². The molecule has 30 heavy (non-hydrogen) atoms. The van der Waals surface area contributed by atoms with Crippen molar-refractivity contribution < 1.29 is 18.3 Å². The maximum atomic E-state index is 14.0. The Labute approximate surface area is 172 Å². The Bertz CT molecular complexity index is 1100. The highest BCUT2D eigenvalue weighted by Crippen LogP contribution is 2.43. The minimum atomic E-state index is -2.96. The van der Waals surface area contributed by atoms with Crippen molar-refractivity contribution in [2.45, 2.75) is 19.4 Å². The molecule has 9 heteroatoms. The number of hydrogen-bond acceptors (Lipinski definition) is 7. The van der Waals surface area contributed by atoms with Crippen LogP contribution in [0.2, 0.25) is 0 Å². The number of nitrogens with one attached hydrogen (secondary N) is 1. The second-order valence-corrected chi connectivity index (χ2v) is 7.46. The average Bonchev–Trinajstić information content (AvgIpc) is 3.09. The molecule has 7 nitrogen and oxygen atoms in total. The third-order valence-corrected chi connectivity index (χ3v) is 5.48. The van der Waals surface area contributed by atoms with E-state index in [1.807, 2.05) is 19.2 Å². The molecule has 0 unspecified atom stereocenters. The normalized spacial score (nSPS) is 17.6. The van der Waals surface area contributed by atoms with Crippen LogP contribution in [0.15, 0.2) is 30.5 Å². The summed E-state index contributed by atoms with van der Waals surface area (Å²) in [4.78, 5) is 6.82. The van der Waals surface area contributed by atoms with Gasteiger partial charge >= 0.3 is 5.92 Å². The number of halogens is 2. The number of hydrogen-bond donors (Lipinski definition) is 1. The summed E-state index contributed by atoms with van der Waals surface area (Å²) < 4.78 is 38.6. The van der Waals surface area contributed by atoms with E-state index >= 15 is 0 Å². The number of pyridine rings is 1. The minimum absolute atomic E-state index is 0.0714. The van der Waals surface area contributed by atoms with Gasteiger partial charge in [0.15, 0.2) is 12.4 Å². The molecule has 1 N–H and O–H groups in total. The molecule has 0 atom stereocenters. The Balaban J connectivity index is 1.46. The molecule has 4 heterocycles. The van der Waals surface area contributed by atoms with Crippen LogP contribution >= 0.6 is 0 Å².